The van der Waals surface area contributed by atoms with Crippen LogP contribution in [0.4, 0.5) is 5.95 Å². The maximum absolute atomic E-state index is 12.8. The van der Waals surface area contributed by atoms with Gasteiger partial charge in [0.05, 0.1) is 5.56 Å². The third-order valence-corrected chi connectivity index (χ3v) is 3.88. The first-order chi connectivity index (χ1) is 12.1. The number of hydrogen-bond acceptors (Lipinski definition) is 5. The molecule has 0 fully saturated rings. The Balaban J connectivity index is 1.71. The molecule has 3 heterocycles. The molecular weight excluding hydrogens is 318 g/mol. The Kier molecular flexibility index (Phi) is 3.50. The average molecular weight is 333 g/mol. The number of hydrogen-bond donors (Lipinski definition) is 1. The molecular formula is C17H15N7O. The largest absolute Gasteiger partial charge is 0.334 e. The van der Waals surface area contributed by atoms with Crippen LogP contribution in [0.15, 0.2) is 48.9 Å². The summed E-state index contributed by atoms with van der Waals surface area (Å²) in [6.07, 6.45) is 5.31. The van der Waals surface area contributed by atoms with Crippen LogP contribution in [0.2, 0.25) is 0 Å². The second-order valence-corrected chi connectivity index (χ2v) is 5.62. The average Bonchev–Trinajstić information content (AvgIpc) is 3.21. The standard InChI is InChI=1S/C17H15N7O/c1-11-7-9-24-16(19-11)21-22-17(24)20-15(25)13-6-4-3-5-12(13)14-18-8-10-23(14)2/h3-10H,1-2H3,(H,20,22,25). The van der Waals surface area contributed by atoms with Crippen molar-refractivity contribution in [3.8, 4) is 11.4 Å². The molecule has 0 saturated carbocycles. The van der Waals surface area contributed by atoms with E-state index in [1.54, 1.807) is 22.9 Å². The molecule has 0 aliphatic carbocycles. The second kappa shape index (κ2) is 5.82. The van der Waals surface area contributed by atoms with Crippen LogP contribution in [0, 0.1) is 6.92 Å². The van der Waals surface area contributed by atoms with Gasteiger partial charge in [-0.1, -0.05) is 18.2 Å². The molecule has 0 aliphatic heterocycles. The van der Waals surface area contributed by atoms with Gasteiger partial charge in [0.15, 0.2) is 0 Å². The van der Waals surface area contributed by atoms with Crippen molar-refractivity contribution in [3.63, 3.8) is 0 Å². The summed E-state index contributed by atoms with van der Waals surface area (Å²) in [5, 5.41) is 10.8. The van der Waals surface area contributed by atoms with Gasteiger partial charge >= 0.3 is 0 Å². The quantitative estimate of drug-likeness (QED) is 0.620. The highest BCUT2D eigenvalue weighted by molar-refractivity contribution is 6.07. The first kappa shape index (κ1) is 15.0. The van der Waals surface area contributed by atoms with Gasteiger partial charge in [-0.2, -0.15) is 0 Å². The van der Waals surface area contributed by atoms with Gasteiger partial charge in [-0.25, -0.2) is 9.97 Å². The van der Waals surface area contributed by atoms with Gasteiger partial charge in [-0.05, 0) is 19.1 Å². The zero-order valence-electron chi connectivity index (χ0n) is 13.7. The number of carbonyl (C=O) groups is 1. The highest BCUT2D eigenvalue weighted by atomic mass is 16.1. The highest BCUT2D eigenvalue weighted by Crippen LogP contribution is 2.22. The zero-order valence-corrected chi connectivity index (χ0v) is 13.7. The topological polar surface area (TPSA) is 90.0 Å². The molecule has 1 N–H and O–H groups in total. The highest BCUT2D eigenvalue weighted by Gasteiger charge is 2.17. The van der Waals surface area contributed by atoms with Gasteiger partial charge in [0, 0.05) is 36.9 Å². The van der Waals surface area contributed by atoms with Gasteiger partial charge in [0.1, 0.15) is 5.82 Å². The third-order valence-electron chi connectivity index (χ3n) is 3.88. The van der Waals surface area contributed by atoms with Crippen LogP contribution in [0.5, 0.6) is 0 Å². The fourth-order valence-electron chi connectivity index (χ4n) is 2.63. The number of fused-ring (bicyclic) bond motifs is 1. The molecule has 0 bridgehead atoms. The van der Waals surface area contributed by atoms with Crippen molar-refractivity contribution in [2.75, 3.05) is 5.32 Å². The van der Waals surface area contributed by atoms with E-state index in [0.717, 1.165) is 11.3 Å². The Morgan fingerprint density at radius 1 is 1.12 bits per heavy atom. The van der Waals surface area contributed by atoms with Crippen LogP contribution in [-0.2, 0) is 7.05 Å². The van der Waals surface area contributed by atoms with E-state index >= 15 is 0 Å². The molecule has 8 nitrogen and oxygen atoms in total. The van der Waals surface area contributed by atoms with E-state index in [9.17, 15) is 4.79 Å². The van der Waals surface area contributed by atoms with Gasteiger partial charge in [-0.3, -0.25) is 14.5 Å². The lowest BCUT2D eigenvalue weighted by Crippen LogP contribution is -2.16. The molecule has 8 heteroatoms. The lowest BCUT2D eigenvalue weighted by atomic mass is 10.1. The minimum absolute atomic E-state index is 0.284. The Labute approximate surface area is 143 Å². The van der Waals surface area contributed by atoms with Crippen LogP contribution in [0.3, 0.4) is 0 Å². The lowest BCUT2D eigenvalue weighted by molar-refractivity contribution is 0.102. The molecule has 1 aromatic carbocycles. The molecule has 0 spiro atoms. The fourth-order valence-corrected chi connectivity index (χ4v) is 2.63. The van der Waals surface area contributed by atoms with Crippen molar-refractivity contribution in [2.45, 2.75) is 6.92 Å². The summed E-state index contributed by atoms with van der Waals surface area (Å²) in [7, 11) is 1.89. The molecule has 124 valence electrons. The number of amides is 1. The number of anilines is 1. The van der Waals surface area contributed by atoms with E-state index < -0.39 is 0 Å². The molecule has 1 amide bonds. The van der Waals surface area contributed by atoms with Crippen LogP contribution in [0.1, 0.15) is 16.1 Å². The number of benzene rings is 1. The number of nitrogens with zero attached hydrogens (tertiary/aromatic N) is 6. The Bertz CT molecular complexity index is 1080. The van der Waals surface area contributed by atoms with Gasteiger partial charge < -0.3 is 4.57 Å². The predicted octanol–water partition coefficient (Wildman–Crippen LogP) is 2.09. The van der Waals surface area contributed by atoms with E-state index in [1.807, 2.05) is 49.0 Å². The lowest BCUT2D eigenvalue weighted by Gasteiger charge is -2.09. The van der Waals surface area contributed by atoms with Gasteiger partial charge in [0.2, 0.25) is 5.95 Å². The van der Waals surface area contributed by atoms with Crippen LogP contribution in [0.25, 0.3) is 17.2 Å². The van der Waals surface area contributed by atoms with Crippen molar-refractivity contribution in [1.82, 2.24) is 29.1 Å². The molecule has 3 aromatic heterocycles. The van der Waals surface area contributed by atoms with E-state index in [4.69, 9.17) is 0 Å². The molecule has 4 aromatic rings. The van der Waals surface area contributed by atoms with E-state index in [-0.39, 0.29) is 5.91 Å². The van der Waals surface area contributed by atoms with Crippen LogP contribution in [-0.4, -0.2) is 35.0 Å². The predicted molar refractivity (Wildman–Crippen MR) is 92.1 cm³/mol. The summed E-state index contributed by atoms with van der Waals surface area (Å²) in [6, 6.07) is 9.14. The second-order valence-electron chi connectivity index (χ2n) is 5.62. The summed E-state index contributed by atoms with van der Waals surface area (Å²) in [5.74, 6) is 1.19. The van der Waals surface area contributed by atoms with Crippen molar-refractivity contribution in [1.29, 1.82) is 0 Å². The normalized spacial score (nSPS) is 11.0. The number of rotatable bonds is 3. The van der Waals surface area contributed by atoms with Crippen molar-refractivity contribution >= 4 is 17.6 Å². The molecule has 0 atom stereocenters. The number of aromatic nitrogens is 6. The van der Waals surface area contributed by atoms with E-state index in [1.165, 1.54) is 0 Å². The minimum Gasteiger partial charge on any atom is -0.334 e. The number of nitrogens with one attached hydrogen (secondary N) is 1. The Morgan fingerprint density at radius 3 is 2.76 bits per heavy atom. The summed E-state index contributed by atoms with van der Waals surface area (Å²) in [6.45, 7) is 1.87. The molecule has 25 heavy (non-hydrogen) atoms. The van der Waals surface area contributed by atoms with Gasteiger partial charge in [0.25, 0.3) is 11.7 Å². The minimum atomic E-state index is -0.284. The van der Waals surface area contributed by atoms with Gasteiger partial charge in [-0.15, -0.1) is 10.2 Å². The number of carbonyl (C=O) groups excluding carboxylic acids is 1. The first-order valence-corrected chi connectivity index (χ1v) is 7.70. The van der Waals surface area contributed by atoms with Crippen molar-refractivity contribution < 1.29 is 4.79 Å². The van der Waals surface area contributed by atoms with E-state index in [0.29, 0.717) is 23.1 Å². The zero-order chi connectivity index (χ0) is 17.4. The van der Waals surface area contributed by atoms with Crippen molar-refractivity contribution in [2.24, 2.45) is 7.05 Å². The molecule has 0 saturated heterocycles. The fraction of sp³-hybridized carbons (Fsp3) is 0.118. The third kappa shape index (κ3) is 2.63. The SMILES string of the molecule is Cc1ccn2c(NC(=O)c3ccccc3-c3nccn3C)nnc2n1. The monoisotopic (exact) mass is 333 g/mol. The smallest absolute Gasteiger partial charge is 0.258 e. The first-order valence-electron chi connectivity index (χ1n) is 7.70. The van der Waals surface area contributed by atoms with Crippen LogP contribution >= 0.6 is 0 Å². The Morgan fingerprint density at radius 2 is 1.96 bits per heavy atom. The number of aryl methyl sites for hydroxylation is 2. The van der Waals surface area contributed by atoms with E-state index in [2.05, 4.69) is 25.5 Å². The maximum atomic E-state index is 12.8. The molecule has 0 unspecified atom stereocenters. The molecule has 4 rings (SSSR count). The summed E-state index contributed by atoms with van der Waals surface area (Å²) in [4.78, 5) is 21.4. The number of imidazole rings is 1. The molecule has 0 aliphatic rings. The molecule has 0 radical (unpaired) electrons. The summed E-state index contributed by atoms with van der Waals surface area (Å²) in [5.41, 5.74) is 2.09. The van der Waals surface area contributed by atoms with Crippen molar-refractivity contribution in [3.05, 3.63) is 60.2 Å². The van der Waals surface area contributed by atoms with Crippen LogP contribution < -0.4 is 5.32 Å². The summed E-state index contributed by atoms with van der Waals surface area (Å²) >= 11 is 0. The Hall–Kier alpha value is -3.55. The maximum Gasteiger partial charge on any atom is 0.258 e. The summed E-state index contributed by atoms with van der Waals surface area (Å²) < 4.78 is 3.50.